The number of rotatable bonds is 1. The standard InChI is InChI=1S/C12H18N2O.ClH/c1-11(2)8-14-12(3,15-9-11)10-5-4-6-13-7-10;/h4-7,14H,8-9H2,1-3H3;1H. The summed E-state index contributed by atoms with van der Waals surface area (Å²) in [6.07, 6.45) is 3.63. The first kappa shape index (κ1) is 13.4. The Kier molecular flexibility index (Phi) is 3.94. The highest BCUT2D eigenvalue weighted by atomic mass is 35.5. The summed E-state index contributed by atoms with van der Waals surface area (Å²) in [4.78, 5) is 4.12. The molecule has 2 rings (SSSR count). The summed E-state index contributed by atoms with van der Waals surface area (Å²) in [5.74, 6) is 0. The minimum atomic E-state index is -0.385. The van der Waals surface area contributed by atoms with Gasteiger partial charge in [-0.1, -0.05) is 19.9 Å². The summed E-state index contributed by atoms with van der Waals surface area (Å²) < 4.78 is 5.92. The van der Waals surface area contributed by atoms with E-state index in [1.165, 1.54) is 0 Å². The molecule has 3 nitrogen and oxygen atoms in total. The lowest BCUT2D eigenvalue weighted by atomic mass is 9.91. The van der Waals surface area contributed by atoms with E-state index < -0.39 is 0 Å². The lowest BCUT2D eigenvalue weighted by molar-refractivity contribution is -0.132. The third-order valence-corrected chi connectivity index (χ3v) is 2.87. The highest BCUT2D eigenvalue weighted by Gasteiger charge is 2.36. The maximum absolute atomic E-state index is 5.92. The van der Waals surface area contributed by atoms with Crippen molar-refractivity contribution in [2.45, 2.75) is 26.5 Å². The van der Waals surface area contributed by atoms with Gasteiger partial charge < -0.3 is 4.74 Å². The first-order valence-corrected chi connectivity index (χ1v) is 5.31. The van der Waals surface area contributed by atoms with Crippen LogP contribution in [-0.4, -0.2) is 18.1 Å². The number of hydrogen-bond donors (Lipinski definition) is 1. The Morgan fingerprint density at radius 1 is 1.38 bits per heavy atom. The highest BCUT2D eigenvalue weighted by molar-refractivity contribution is 5.85. The molecule has 1 unspecified atom stereocenters. The van der Waals surface area contributed by atoms with Crippen LogP contribution >= 0.6 is 12.4 Å². The molecular weight excluding hydrogens is 224 g/mol. The van der Waals surface area contributed by atoms with E-state index in [1.807, 2.05) is 18.3 Å². The smallest absolute Gasteiger partial charge is 0.144 e. The monoisotopic (exact) mass is 242 g/mol. The second kappa shape index (κ2) is 4.70. The van der Waals surface area contributed by atoms with Gasteiger partial charge in [0.15, 0.2) is 0 Å². The molecule has 1 N–H and O–H groups in total. The average molecular weight is 243 g/mol. The number of halogens is 1. The van der Waals surface area contributed by atoms with Crippen LogP contribution in [0.5, 0.6) is 0 Å². The van der Waals surface area contributed by atoms with Crippen molar-refractivity contribution in [3.05, 3.63) is 30.1 Å². The molecule has 0 saturated carbocycles. The van der Waals surface area contributed by atoms with E-state index in [9.17, 15) is 0 Å². The number of aromatic nitrogens is 1. The van der Waals surface area contributed by atoms with Crippen molar-refractivity contribution < 1.29 is 4.74 Å². The maximum atomic E-state index is 5.92. The van der Waals surface area contributed by atoms with Crippen LogP contribution in [0.1, 0.15) is 26.3 Å². The Labute approximate surface area is 103 Å². The topological polar surface area (TPSA) is 34.2 Å². The normalized spacial score (nSPS) is 28.2. The Hall–Kier alpha value is -0.640. The molecule has 90 valence electrons. The zero-order chi connectivity index (χ0) is 10.9. The fourth-order valence-corrected chi connectivity index (χ4v) is 1.68. The molecule has 0 amide bonds. The molecule has 1 aromatic heterocycles. The zero-order valence-corrected chi connectivity index (χ0v) is 10.8. The molecule has 0 spiro atoms. The number of pyridine rings is 1. The molecular formula is C12H19ClN2O. The van der Waals surface area contributed by atoms with Gasteiger partial charge in [0.25, 0.3) is 0 Å². The van der Waals surface area contributed by atoms with Crippen molar-refractivity contribution >= 4 is 12.4 Å². The van der Waals surface area contributed by atoms with Gasteiger partial charge in [-0.15, -0.1) is 12.4 Å². The third kappa shape index (κ3) is 2.73. The van der Waals surface area contributed by atoms with E-state index in [2.05, 4.69) is 31.1 Å². The molecule has 4 heteroatoms. The van der Waals surface area contributed by atoms with Crippen LogP contribution in [-0.2, 0) is 10.5 Å². The van der Waals surface area contributed by atoms with E-state index in [1.54, 1.807) is 6.20 Å². The summed E-state index contributed by atoms with van der Waals surface area (Å²) in [7, 11) is 0. The van der Waals surface area contributed by atoms with Crippen molar-refractivity contribution in [1.29, 1.82) is 0 Å². The molecule has 0 aromatic carbocycles. The van der Waals surface area contributed by atoms with Gasteiger partial charge in [-0.25, -0.2) is 0 Å². The van der Waals surface area contributed by atoms with Gasteiger partial charge in [-0.3, -0.25) is 10.3 Å². The van der Waals surface area contributed by atoms with Crippen LogP contribution in [0.2, 0.25) is 0 Å². The molecule has 2 heterocycles. The number of nitrogens with one attached hydrogen (secondary N) is 1. The lowest BCUT2D eigenvalue weighted by Crippen LogP contribution is -2.53. The fourth-order valence-electron chi connectivity index (χ4n) is 1.68. The highest BCUT2D eigenvalue weighted by Crippen LogP contribution is 2.30. The van der Waals surface area contributed by atoms with Crippen LogP contribution in [0.25, 0.3) is 0 Å². The van der Waals surface area contributed by atoms with Gasteiger partial charge in [0, 0.05) is 29.9 Å². The second-order valence-electron chi connectivity index (χ2n) is 5.08. The van der Waals surface area contributed by atoms with E-state index >= 15 is 0 Å². The van der Waals surface area contributed by atoms with E-state index in [0.717, 1.165) is 18.7 Å². The van der Waals surface area contributed by atoms with E-state index in [0.29, 0.717) is 0 Å². The lowest BCUT2D eigenvalue weighted by Gasteiger charge is -2.42. The molecule has 1 saturated heterocycles. The predicted octanol–water partition coefficient (Wildman–Crippen LogP) is 2.32. The molecule has 1 aliphatic heterocycles. The van der Waals surface area contributed by atoms with Crippen molar-refractivity contribution in [3.63, 3.8) is 0 Å². The van der Waals surface area contributed by atoms with Gasteiger partial charge in [-0.2, -0.15) is 0 Å². The number of ether oxygens (including phenoxy) is 1. The summed E-state index contributed by atoms with van der Waals surface area (Å²) in [6, 6.07) is 3.98. The maximum Gasteiger partial charge on any atom is 0.144 e. The second-order valence-corrected chi connectivity index (χ2v) is 5.08. The van der Waals surface area contributed by atoms with E-state index in [-0.39, 0.29) is 23.5 Å². The summed E-state index contributed by atoms with van der Waals surface area (Å²) >= 11 is 0. The minimum Gasteiger partial charge on any atom is -0.356 e. The van der Waals surface area contributed by atoms with Crippen molar-refractivity contribution in [1.82, 2.24) is 10.3 Å². The molecule has 1 aromatic rings. The van der Waals surface area contributed by atoms with Crippen LogP contribution in [0, 0.1) is 5.41 Å². The predicted molar refractivity (Wildman–Crippen MR) is 66.6 cm³/mol. The number of nitrogens with zero attached hydrogens (tertiary/aromatic N) is 1. The average Bonchev–Trinajstić information content (AvgIpc) is 2.24. The first-order chi connectivity index (χ1) is 7.02. The SMILES string of the molecule is CC1(C)CNC(C)(c2cccnc2)OC1.Cl. The molecule has 1 aliphatic rings. The van der Waals surface area contributed by atoms with Gasteiger partial charge in [0.05, 0.1) is 6.61 Å². The largest absolute Gasteiger partial charge is 0.356 e. The van der Waals surface area contributed by atoms with Crippen LogP contribution in [0.15, 0.2) is 24.5 Å². The minimum absolute atomic E-state index is 0. The Morgan fingerprint density at radius 2 is 2.12 bits per heavy atom. The molecule has 0 bridgehead atoms. The van der Waals surface area contributed by atoms with Crippen LogP contribution < -0.4 is 5.32 Å². The summed E-state index contributed by atoms with van der Waals surface area (Å²) in [5, 5.41) is 3.44. The Morgan fingerprint density at radius 3 is 2.62 bits per heavy atom. The van der Waals surface area contributed by atoms with Crippen LogP contribution in [0.4, 0.5) is 0 Å². The first-order valence-electron chi connectivity index (χ1n) is 5.31. The van der Waals surface area contributed by atoms with E-state index in [4.69, 9.17) is 4.74 Å². The van der Waals surface area contributed by atoms with Gasteiger partial charge >= 0.3 is 0 Å². The number of hydrogen-bond acceptors (Lipinski definition) is 3. The summed E-state index contributed by atoms with van der Waals surface area (Å²) in [6.45, 7) is 8.18. The Bertz CT molecular complexity index is 330. The van der Waals surface area contributed by atoms with Crippen molar-refractivity contribution in [2.24, 2.45) is 5.41 Å². The fraction of sp³-hybridized carbons (Fsp3) is 0.583. The zero-order valence-electron chi connectivity index (χ0n) is 9.99. The molecule has 1 atom stereocenters. The molecule has 16 heavy (non-hydrogen) atoms. The molecule has 0 aliphatic carbocycles. The summed E-state index contributed by atoms with van der Waals surface area (Å²) in [5.41, 5.74) is 0.909. The Balaban J connectivity index is 0.00000128. The van der Waals surface area contributed by atoms with Crippen molar-refractivity contribution in [2.75, 3.05) is 13.2 Å². The van der Waals surface area contributed by atoms with Gasteiger partial charge in [-0.05, 0) is 13.0 Å². The van der Waals surface area contributed by atoms with Crippen LogP contribution in [0.3, 0.4) is 0 Å². The third-order valence-electron chi connectivity index (χ3n) is 2.87. The van der Waals surface area contributed by atoms with Gasteiger partial charge in [0.2, 0.25) is 0 Å². The van der Waals surface area contributed by atoms with Gasteiger partial charge in [0.1, 0.15) is 5.72 Å². The molecule has 0 radical (unpaired) electrons. The van der Waals surface area contributed by atoms with Crippen molar-refractivity contribution in [3.8, 4) is 0 Å². The molecule has 1 fully saturated rings. The quantitative estimate of drug-likeness (QED) is 0.821.